The second-order valence-electron chi connectivity index (χ2n) is 8.62. The Morgan fingerprint density at radius 3 is 2.85 bits per heavy atom. The lowest BCUT2D eigenvalue weighted by molar-refractivity contribution is -0.170. The highest BCUT2D eigenvalue weighted by Crippen LogP contribution is 2.66. The molecule has 5 heteroatoms. The number of aliphatic hydroxyl groups is 2. The predicted molar refractivity (Wildman–Crippen MR) is 94.1 cm³/mol. The largest absolute Gasteiger partial charge is 0.388 e. The van der Waals surface area contributed by atoms with Gasteiger partial charge in [0.15, 0.2) is 11.6 Å². The lowest BCUT2D eigenvalue weighted by Crippen LogP contribution is -2.60. The minimum Gasteiger partial charge on any atom is -0.388 e. The van der Waals surface area contributed by atoms with Gasteiger partial charge in [0.2, 0.25) is 0 Å². The summed E-state index contributed by atoms with van der Waals surface area (Å²) in [5.74, 6) is -3.78. The zero-order chi connectivity index (χ0) is 23.2. The Hall–Kier alpha value is -1.33. The van der Waals surface area contributed by atoms with Crippen molar-refractivity contribution in [1.29, 1.82) is 0 Å². The molecule has 0 aromatic rings. The molecule has 3 saturated carbocycles. The maximum Gasteiger partial charge on any atom is 0.190 e. The van der Waals surface area contributed by atoms with E-state index >= 15 is 0 Å². The van der Waals surface area contributed by atoms with E-state index in [-0.39, 0.29) is 30.8 Å². The topological polar surface area (TPSA) is 91.7 Å². The maximum atomic E-state index is 13.6. The molecule has 26 heavy (non-hydrogen) atoms. The maximum absolute atomic E-state index is 13.6. The Bertz CT molecular complexity index is 895. The first-order chi connectivity index (χ1) is 14.2. The third kappa shape index (κ3) is 2.07. The van der Waals surface area contributed by atoms with Gasteiger partial charge < -0.3 is 10.2 Å². The molecule has 0 unspecified atom stereocenters. The molecule has 0 saturated heterocycles. The second-order valence-corrected chi connectivity index (χ2v) is 8.62. The highest BCUT2D eigenvalue weighted by molar-refractivity contribution is 5.94. The minimum absolute atomic E-state index is 0.0684. The molecule has 0 aromatic heterocycles. The average Bonchev–Trinajstić information content (AvgIpc) is 2.90. The fourth-order valence-corrected chi connectivity index (χ4v) is 6.30. The van der Waals surface area contributed by atoms with Gasteiger partial charge in [0.1, 0.15) is 18.0 Å². The number of ketones is 3. The van der Waals surface area contributed by atoms with Gasteiger partial charge in [-0.25, -0.2) is 0 Å². The van der Waals surface area contributed by atoms with Crippen molar-refractivity contribution in [2.75, 3.05) is 6.61 Å². The Labute approximate surface area is 160 Å². The number of hydrogen-bond donors (Lipinski definition) is 2. The summed E-state index contributed by atoms with van der Waals surface area (Å²) < 4.78 is 42.4. The van der Waals surface area contributed by atoms with Gasteiger partial charge in [-0.3, -0.25) is 14.4 Å². The third-order valence-electron chi connectivity index (χ3n) is 7.62. The molecule has 0 aromatic carbocycles. The molecule has 0 bridgehead atoms. The van der Waals surface area contributed by atoms with Crippen molar-refractivity contribution in [3.8, 4) is 0 Å². The van der Waals surface area contributed by atoms with Crippen molar-refractivity contribution in [2.45, 2.75) is 64.3 Å². The molecule has 3 fully saturated rings. The number of allylic oxidation sites excluding steroid dienone is 1. The van der Waals surface area contributed by atoms with E-state index in [0.717, 1.165) is 0 Å². The van der Waals surface area contributed by atoms with E-state index in [2.05, 4.69) is 0 Å². The molecule has 0 amide bonds. The standard InChI is InChI=1S/C21H28O5/c1-19-7-5-13(23)9-12(19)3-4-14-15-6-8-21(26,17(25)11-22)20(15,2)10-16(24)18(14)19/h9,14-15,18,22,26H,3-8,10-11H2,1-2H3/t14-,15-,18+,19-,20-,21-/m0/s1/i1D3,5+1,7+1D2,9+1,18+1. The SMILES string of the molecule is [2H]C([2H])([2H])[C@@]12C(=[13CH]C(=O)[13CH2][13C]1([2H])[2H])CC[C@H]1[C@@H]3CC[C@](O)(C(=O)CO)[C@@]3(C)CC(=O)[13C@@H]12. The molecule has 2 N–H and O–H groups in total. The summed E-state index contributed by atoms with van der Waals surface area (Å²) in [6.07, 6.45) is -1.06. The van der Waals surface area contributed by atoms with Crippen LogP contribution < -0.4 is 0 Å². The van der Waals surface area contributed by atoms with Gasteiger partial charge in [-0.2, -0.15) is 0 Å². The molecule has 4 aliphatic carbocycles. The van der Waals surface area contributed by atoms with Crippen LogP contribution in [0, 0.1) is 28.6 Å². The van der Waals surface area contributed by atoms with Crippen LogP contribution in [0.25, 0.3) is 0 Å². The van der Waals surface area contributed by atoms with Crippen molar-refractivity contribution in [3.05, 3.63) is 11.6 Å². The molecule has 0 spiro atoms. The van der Waals surface area contributed by atoms with Crippen LogP contribution in [0.5, 0.6) is 0 Å². The number of fused-ring (bicyclic) bond motifs is 5. The summed E-state index contributed by atoms with van der Waals surface area (Å²) in [5, 5.41) is 20.6. The average molecular weight is 369 g/mol. The smallest absolute Gasteiger partial charge is 0.190 e. The lowest BCUT2D eigenvalue weighted by Gasteiger charge is -2.57. The van der Waals surface area contributed by atoms with Crippen LogP contribution in [0.2, 0.25) is 0 Å². The Balaban J connectivity index is 1.90. The molecule has 4 rings (SSSR count). The fraction of sp³-hybridized carbons (Fsp3) is 0.762. The molecule has 5 nitrogen and oxygen atoms in total. The monoisotopic (exact) mass is 369 g/mol. The first-order valence-corrected chi connectivity index (χ1v) is 9.30. The van der Waals surface area contributed by atoms with Gasteiger partial charge in [0, 0.05) is 31.0 Å². The predicted octanol–water partition coefficient (Wildman–Crippen LogP) is 1.99. The summed E-state index contributed by atoms with van der Waals surface area (Å²) in [6, 6.07) is 0. The van der Waals surface area contributed by atoms with E-state index in [9.17, 15) is 24.6 Å². The van der Waals surface area contributed by atoms with Crippen LogP contribution in [0.1, 0.15) is 65.5 Å². The molecular weight excluding hydrogens is 336 g/mol. The summed E-state index contributed by atoms with van der Waals surface area (Å²) in [5.41, 5.74) is -4.94. The third-order valence-corrected chi connectivity index (χ3v) is 7.62. The van der Waals surface area contributed by atoms with E-state index < -0.39 is 71.9 Å². The Kier molecular flexibility index (Phi) is 2.78. The molecule has 0 heterocycles. The minimum atomic E-state index is -2.86. The van der Waals surface area contributed by atoms with E-state index in [1.54, 1.807) is 6.92 Å². The summed E-state index contributed by atoms with van der Waals surface area (Å²) in [4.78, 5) is 38.3. The van der Waals surface area contributed by atoms with Crippen LogP contribution in [-0.2, 0) is 14.4 Å². The van der Waals surface area contributed by atoms with Crippen molar-refractivity contribution in [3.63, 3.8) is 0 Å². The number of carbonyl (C=O) groups excluding carboxylic acids is 3. The molecular formula is C21H28O5. The van der Waals surface area contributed by atoms with Crippen LogP contribution >= 0.6 is 0 Å². The van der Waals surface area contributed by atoms with Crippen LogP contribution in [-0.4, -0.2) is 39.8 Å². The Morgan fingerprint density at radius 1 is 1.38 bits per heavy atom. The number of aliphatic hydroxyl groups excluding tert-OH is 1. The number of carbonyl (C=O) groups is 3. The van der Waals surface area contributed by atoms with Gasteiger partial charge in [-0.1, -0.05) is 19.3 Å². The van der Waals surface area contributed by atoms with Gasteiger partial charge >= 0.3 is 0 Å². The summed E-state index contributed by atoms with van der Waals surface area (Å²) in [6.45, 7) is -2.05. The summed E-state index contributed by atoms with van der Waals surface area (Å²) in [7, 11) is 0. The normalized spacial score (nSPS) is 53.0. The highest BCUT2D eigenvalue weighted by Gasteiger charge is 2.68. The number of Topliss-reactive ketones (excluding diaryl/α,β-unsaturated/α-hetero) is 2. The van der Waals surface area contributed by atoms with Crippen LogP contribution in [0.3, 0.4) is 0 Å². The Morgan fingerprint density at radius 2 is 2.15 bits per heavy atom. The first-order valence-electron chi connectivity index (χ1n) is 11.8. The number of rotatable bonds is 2. The van der Waals surface area contributed by atoms with Crippen LogP contribution in [0.15, 0.2) is 11.6 Å². The molecule has 0 aliphatic heterocycles. The van der Waals surface area contributed by atoms with Crippen molar-refractivity contribution < 1.29 is 31.5 Å². The van der Waals surface area contributed by atoms with Gasteiger partial charge in [-0.05, 0) is 55.4 Å². The van der Waals surface area contributed by atoms with E-state index in [1.807, 2.05) is 0 Å². The highest BCUT2D eigenvalue weighted by atomic mass is 16.3. The van der Waals surface area contributed by atoms with Crippen LogP contribution in [0.4, 0.5) is 0 Å². The molecule has 0 radical (unpaired) electrons. The molecule has 6 atom stereocenters. The van der Waals surface area contributed by atoms with Gasteiger partial charge in [-0.15, -0.1) is 0 Å². The first kappa shape index (κ1) is 12.9. The molecule has 4 aliphatic rings. The zero-order valence-corrected chi connectivity index (χ0v) is 14.9. The second kappa shape index (κ2) is 5.59. The van der Waals surface area contributed by atoms with Gasteiger partial charge in [0.25, 0.3) is 0 Å². The van der Waals surface area contributed by atoms with Crippen molar-refractivity contribution in [2.24, 2.45) is 28.6 Å². The number of hydrogen-bond acceptors (Lipinski definition) is 5. The van der Waals surface area contributed by atoms with Gasteiger partial charge in [0.05, 0.1) is 0 Å². The van der Waals surface area contributed by atoms with Crippen molar-refractivity contribution in [1.82, 2.24) is 0 Å². The molecule has 142 valence electrons. The van der Waals surface area contributed by atoms with Crippen molar-refractivity contribution >= 4 is 17.3 Å². The summed E-state index contributed by atoms with van der Waals surface area (Å²) >= 11 is 0. The van der Waals surface area contributed by atoms with E-state index in [4.69, 9.17) is 6.85 Å². The fourth-order valence-electron chi connectivity index (χ4n) is 6.30. The van der Waals surface area contributed by atoms with E-state index in [0.29, 0.717) is 12.8 Å². The zero-order valence-electron chi connectivity index (χ0n) is 19.9. The quantitative estimate of drug-likeness (QED) is 0.727. The lowest BCUT2D eigenvalue weighted by atomic mass is 9.57. The van der Waals surface area contributed by atoms with E-state index in [1.165, 1.54) is 6.08 Å².